The van der Waals surface area contributed by atoms with Crippen LogP contribution in [0.25, 0.3) is 0 Å². The standard InChI is InChI=1S/C26H36N4O5/c1-26(2,3)35-25(32)30-11-8-17(9-12-30)14-18-15-22(27-20-7-5-4-6-19(18)20)24(31)28-21-10-13-34-16-23(21)29-33/h8,15,21,23H,4-7,9-14,16H2,1-3H3,(H,28,31)/t21-,23-/m0/s1. The molecule has 0 bridgehead atoms. The third kappa shape index (κ3) is 6.45. The van der Waals surface area contributed by atoms with Crippen LogP contribution in [-0.2, 0) is 28.7 Å². The average molecular weight is 485 g/mol. The summed E-state index contributed by atoms with van der Waals surface area (Å²) in [7, 11) is 0. The zero-order valence-corrected chi connectivity index (χ0v) is 21.0. The highest BCUT2D eigenvalue weighted by Crippen LogP contribution is 2.28. The van der Waals surface area contributed by atoms with Crippen molar-refractivity contribution in [3.05, 3.63) is 45.1 Å². The fourth-order valence-corrected chi connectivity index (χ4v) is 4.91. The van der Waals surface area contributed by atoms with Crippen LogP contribution < -0.4 is 5.32 Å². The highest BCUT2D eigenvalue weighted by molar-refractivity contribution is 5.93. The molecule has 9 nitrogen and oxygen atoms in total. The highest BCUT2D eigenvalue weighted by atomic mass is 16.6. The first-order chi connectivity index (χ1) is 16.7. The van der Waals surface area contributed by atoms with E-state index in [2.05, 4.69) is 16.6 Å². The van der Waals surface area contributed by atoms with E-state index in [1.165, 1.54) is 11.1 Å². The summed E-state index contributed by atoms with van der Waals surface area (Å²) >= 11 is 0. The van der Waals surface area contributed by atoms with Gasteiger partial charge in [-0.2, -0.15) is 4.91 Å². The Kier molecular flexibility index (Phi) is 7.84. The number of ether oxygens (including phenoxy) is 2. The van der Waals surface area contributed by atoms with Crippen molar-refractivity contribution in [2.45, 2.75) is 83.4 Å². The smallest absolute Gasteiger partial charge is 0.410 e. The normalized spacial score (nSPS) is 22.6. The molecular weight excluding hydrogens is 448 g/mol. The van der Waals surface area contributed by atoms with Crippen LogP contribution in [0.1, 0.15) is 73.8 Å². The summed E-state index contributed by atoms with van der Waals surface area (Å²) in [5.41, 5.74) is 4.52. The molecule has 2 amide bonds. The van der Waals surface area contributed by atoms with Crippen LogP contribution in [0.2, 0.25) is 0 Å². The number of nitrogens with one attached hydrogen (secondary N) is 1. The van der Waals surface area contributed by atoms with Crippen molar-refractivity contribution in [1.82, 2.24) is 15.2 Å². The Morgan fingerprint density at radius 1 is 1.26 bits per heavy atom. The Labute approximate surface area is 206 Å². The van der Waals surface area contributed by atoms with Crippen molar-refractivity contribution in [3.8, 4) is 0 Å². The summed E-state index contributed by atoms with van der Waals surface area (Å²) < 4.78 is 10.8. The molecule has 4 rings (SSSR count). The number of carbonyl (C=O) groups is 2. The third-order valence-corrected chi connectivity index (χ3v) is 6.78. The molecule has 3 aliphatic rings. The SMILES string of the molecule is CC(C)(C)OC(=O)N1CC=C(Cc2cc(C(=O)N[C@H]3CCOC[C@@H]3N=O)nc3c2CCCC3)CC1. The van der Waals surface area contributed by atoms with Crippen molar-refractivity contribution < 1.29 is 19.1 Å². The second-order valence-corrected chi connectivity index (χ2v) is 10.6. The number of hydrogen-bond donors (Lipinski definition) is 1. The number of aromatic nitrogens is 1. The van der Waals surface area contributed by atoms with Gasteiger partial charge in [0.15, 0.2) is 0 Å². The van der Waals surface area contributed by atoms with Gasteiger partial charge >= 0.3 is 6.09 Å². The fourth-order valence-electron chi connectivity index (χ4n) is 4.91. The molecule has 1 aromatic rings. The van der Waals surface area contributed by atoms with Gasteiger partial charge in [-0.25, -0.2) is 9.78 Å². The van der Waals surface area contributed by atoms with Crippen LogP contribution in [-0.4, -0.2) is 65.9 Å². The van der Waals surface area contributed by atoms with Gasteiger partial charge in [0.2, 0.25) is 0 Å². The molecule has 2 atom stereocenters. The monoisotopic (exact) mass is 484 g/mol. The molecule has 2 aliphatic heterocycles. The summed E-state index contributed by atoms with van der Waals surface area (Å²) in [6.07, 6.45) is 7.90. The van der Waals surface area contributed by atoms with Gasteiger partial charge < -0.3 is 19.7 Å². The topological polar surface area (TPSA) is 110 Å². The lowest BCUT2D eigenvalue weighted by molar-refractivity contribution is 0.0265. The second kappa shape index (κ2) is 10.8. The predicted octanol–water partition coefficient (Wildman–Crippen LogP) is 3.72. The lowest BCUT2D eigenvalue weighted by Crippen LogP contribution is -2.48. The molecule has 0 radical (unpaired) electrons. The Balaban J connectivity index is 1.49. The second-order valence-electron chi connectivity index (χ2n) is 10.6. The molecular formula is C26H36N4O5. The van der Waals surface area contributed by atoms with Crippen molar-refractivity contribution in [2.24, 2.45) is 5.18 Å². The van der Waals surface area contributed by atoms with Gasteiger partial charge in [-0.3, -0.25) is 4.79 Å². The third-order valence-electron chi connectivity index (χ3n) is 6.78. The Morgan fingerprint density at radius 2 is 2.06 bits per heavy atom. The minimum atomic E-state index is -0.579. The van der Waals surface area contributed by atoms with Crippen molar-refractivity contribution in [3.63, 3.8) is 0 Å². The van der Waals surface area contributed by atoms with Gasteiger partial charge in [0, 0.05) is 25.4 Å². The van der Waals surface area contributed by atoms with E-state index < -0.39 is 11.6 Å². The molecule has 1 N–H and O–H groups in total. The van der Waals surface area contributed by atoms with Crippen LogP contribution in [0.5, 0.6) is 0 Å². The summed E-state index contributed by atoms with van der Waals surface area (Å²) in [5, 5.41) is 6.09. The number of nitrogens with zero attached hydrogens (tertiary/aromatic N) is 3. The van der Waals surface area contributed by atoms with Gasteiger partial charge in [-0.1, -0.05) is 16.8 Å². The molecule has 1 saturated heterocycles. The average Bonchev–Trinajstić information content (AvgIpc) is 2.83. The molecule has 1 fully saturated rings. The van der Waals surface area contributed by atoms with E-state index in [1.54, 1.807) is 4.90 Å². The molecule has 0 saturated carbocycles. The molecule has 0 spiro atoms. The quantitative estimate of drug-likeness (QED) is 0.504. The number of amides is 2. The maximum Gasteiger partial charge on any atom is 0.410 e. The number of nitroso groups, excluding NO2 is 1. The molecule has 0 unspecified atom stereocenters. The number of pyridine rings is 1. The Hall–Kier alpha value is -2.81. The number of carbonyl (C=O) groups excluding carboxylic acids is 2. The predicted molar refractivity (Wildman–Crippen MR) is 131 cm³/mol. The number of hydrogen-bond acceptors (Lipinski definition) is 7. The molecule has 9 heteroatoms. The summed E-state index contributed by atoms with van der Waals surface area (Å²) in [6.45, 7) is 7.47. The van der Waals surface area contributed by atoms with E-state index in [9.17, 15) is 14.5 Å². The van der Waals surface area contributed by atoms with Crippen LogP contribution in [0.4, 0.5) is 4.79 Å². The highest BCUT2D eigenvalue weighted by Gasteiger charge is 2.30. The summed E-state index contributed by atoms with van der Waals surface area (Å²) in [6, 6.07) is 0.989. The van der Waals surface area contributed by atoms with Crippen LogP contribution in [0, 0.1) is 4.91 Å². The van der Waals surface area contributed by atoms with E-state index in [1.807, 2.05) is 26.8 Å². The van der Waals surface area contributed by atoms with Crippen LogP contribution in [0.15, 0.2) is 22.9 Å². The molecule has 3 heterocycles. The molecule has 0 aromatic carbocycles. The van der Waals surface area contributed by atoms with E-state index in [0.29, 0.717) is 31.8 Å². The van der Waals surface area contributed by atoms with Gasteiger partial charge in [-0.15, -0.1) is 0 Å². The largest absolute Gasteiger partial charge is 0.444 e. The van der Waals surface area contributed by atoms with Gasteiger partial charge in [-0.05, 0) is 82.9 Å². The number of rotatable bonds is 5. The lowest BCUT2D eigenvalue weighted by atomic mass is 9.88. The maximum absolute atomic E-state index is 13.1. The van der Waals surface area contributed by atoms with E-state index >= 15 is 0 Å². The van der Waals surface area contributed by atoms with Crippen LogP contribution >= 0.6 is 0 Å². The van der Waals surface area contributed by atoms with Gasteiger partial charge in [0.1, 0.15) is 17.3 Å². The van der Waals surface area contributed by atoms with Gasteiger partial charge in [0.25, 0.3) is 5.91 Å². The van der Waals surface area contributed by atoms with Crippen molar-refractivity contribution in [2.75, 3.05) is 26.3 Å². The number of aryl methyl sites for hydroxylation is 1. The minimum Gasteiger partial charge on any atom is -0.444 e. The van der Waals surface area contributed by atoms with Crippen molar-refractivity contribution in [1.29, 1.82) is 0 Å². The Morgan fingerprint density at radius 3 is 2.77 bits per heavy atom. The first kappa shape index (κ1) is 25.3. The first-order valence-corrected chi connectivity index (χ1v) is 12.6. The first-order valence-electron chi connectivity index (χ1n) is 12.6. The van der Waals surface area contributed by atoms with Crippen LogP contribution in [0.3, 0.4) is 0 Å². The number of fused-ring (bicyclic) bond motifs is 1. The maximum atomic E-state index is 13.1. The van der Waals surface area contributed by atoms with Crippen molar-refractivity contribution >= 4 is 12.0 Å². The molecule has 35 heavy (non-hydrogen) atoms. The lowest BCUT2D eigenvalue weighted by Gasteiger charge is -2.30. The zero-order chi connectivity index (χ0) is 25.0. The van der Waals surface area contributed by atoms with Gasteiger partial charge in [0.05, 0.1) is 12.6 Å². The molecule has 190 valence electrons. The summed E-state index contributed by atoms with van der Waals surface area (Å²) in [5.74, 6) is -0.270. The van der Waals surface area contributed by atoms with E-state index in [4.69, 9.17) is 14.5 Å². The van der Waals surface area contributed by atoms with E-state index in [0.717, 1.165) is 49.8 Å². The summed E-state index contributed by atoms with van der Waals surface area (Å²) in [4.78, 5) is 43.1. The Bertz CT molecular complexity index is 1000. The minimum absolute atomic E-state index is 0.228. The molecule has 1 aliphatic carbocycles. The van der Waals surface area contributed by atoms with E-state index in [-0.39, 0.29) is 24.6 Å². The zero-order valence-electron chi connectivity index (χ0n) is 21.0. The fraction of sp³-hybridized carbons (Fsp3) is 0.654. The molecule has 1 aromatic heterocycles.